The van der Waals surface area contributed by atoms with Crippen LogP contribution in [0.1, 0.15) is 0 Å². The molecule has 0 fully saturated rings. The zero-order valence-corrected chi connectivity index (χ0v) is 10.4. The lowest BCUT2D eigenvalue weighted by Gasteiger charge is -2.30. The Hall–Kier alpha value is -0.680. The highest BCUT2D eigenvalue weighted by atomic mass is 32.2. The van der Waals surface area contributed by atoms with E-state index < -0.39 is 54.5 Å². The third kappa shape index (κ3) is 2.52. The van der Waals surface area contributed by atoms with E-state index >= 15 is 0 Å². The van der Waals surface area contributed by atoms with Crippen LogP contribution < -0.4 is 0 Å². The summed E-state index contributed by atoms with van der Waals surface area (Å²) in [4.78, 5) is -2.11. The summed E-state index contributed by atoms with van der Waals surface area (Å²) < 4.78 is 105. The number of rotatable bonds is 2. The first-order valence-electron chi connectivity index (χ1n) is 4.37. The summed E-state index contributed by atoms with van der Waals surface area (Å²) >= 11 is 0. The second-order valence-corrected chi connectivity index (χ2v) is 7.32. The van der Waals surface area contributed by atoms with E-state index in [1.165, 1.54) is 0 Å². The number of alkyl halides is 3. The van der Waals surface area contributed by atoms with Gasteiger partial charge in [0.1, 0.15) is 10.2 Å². The minimum absolute atomic E-state index is 0.356. The monoisotopic (exact) mass is 312 g/mol. The number of halogens is 4. The Labute approximate surface area is 100 Å². The fourth-order valence-electron chi connectivity index (χ4n) is 1.60. The van der Waals surface area contributed by atoms with E-state index in [2.05, 4.69) is 0 Å². The van der Waals surface area contributed by atoms with Crippen LogP contribution in [0.2, 0.25) is 0 Å². The van der Waals surface area contributed by atoms with Gasteiger partial charge >= 0.3 is 0 Å². The maximum Gasteiger partial charge on any atom is 0.296 e. The number of hydrogen-bond acceptors (Lipinski definition) is 4. The van der Waals surface area contributed by atoms with Gasteiger partial charge < -0.3 is 0 Å². The lowest BCUT2D eigenvalue weighted by atomic mass is 10.0. The van der Waals surface area contributed by atoms with Gasteiger partial charge in [0, 0.05) is 6.26 Å². The first kappa shape index (κ1) is 15.4. The van der Waals surface area contributed by atoms with Crippen molar-refractivity contribution >= 4 is 20.0 Å². The van der Waals surface area contributed by atoms with E-state index in [0.717, 1.165) is 0 Å². The second-order valence-electron chi connectivity index (χ2n) is 3.73. The molecule has 0 saturated carbocycles. The van der Waals surface area contributed by atoms with Crippen molar-refractivity contribution in [1.29, 1.82) is 0 Å². The fraction of sp³-hybridized carbons (Fsp3) is 0.714. The quantitative estimate of drug-likeness (QED) is 0.592. The van der Waals surface area contributed by atoms with E-state index in [4.69, 9.17) is 4.55 Å². The molecule has 0 radical (unpaired) electrons. The summed E-state index contributed by atoms with van der Waals surface area (Å²) in [5.41, 5.74) is 0. The van der Waals surface area contributed by atoms with Gasteiger partial charge in [0.15, 0.2) is 34.2 Å². The van der Waals surface area contributed by atoms with Crippen LogP contribution >= 0.6 is 0 Å². The lowest BCUT2D eigenvalue weighted by Crippen LogP contribution is -2.49. The Morgan fingerprint density at radius 1 is 1.06 bits per heavy atom. The Morgan fingerprint density at radius 2 is 1.50 bits per heavy atom. The predicted octanol–water partition coefficient (Wildman–Crippen LogP) is 0.496. The Kier molecular flexibility index (Phi) is 3.81. The number of hydrogen-bond donors (Lipinski definition) is 1. The molecule has 0 aliphatic heterocycles. The highest BCUT2D eigenvalue weighted by molar-refractivity contribution is 7.91. The molecule has 1 aliphatic rings. The average Bonchev–Trinajstić information content (AvgIpc) is 2.10. The predicted molar refractivity (Wildman–Crippen MR) is 53.0 cm³/mol. The summed E-state index contributed by atoms with van der Waals surface area (Å²) in [5.74, 6) is -2.34. The zero-order chi connectivity index (χ0) is 14.5. The molecule has 1 aliphatic carbocycles. The van der Waals surface area contributed by atoms with Crippen LogP contribution in [-0.2, 0) is 20.0 Å². The van der Waals surface area contributed by atoms with Gasteiger partial charge in [-0.3, -0.25) is 4.55 Å². The van der Waals surface area contributed by atoms with Crippen molar-refractivity contribution < 1.29 is 39.0 Å². The largest absolute Gasteiger partial charge is 0.296 e. The van der Waals surface area contributed by atoms with Crippen LogP contribution in [0.3, 0.4) is 0 Å². The molecule has 106 valence electrons. The average molecular weight is 312 g/mol. The van der Waals surface area contributed by atoms with Crippen LogP contribution in [0.25, 0.3) is 0 Å². The van der Waals surface area contributed by atoms with Gasteiger partial charge in [0.25, 0.3) is 10.1 Å². The molecular weight excluding hydrogens is 304 g/mol. The molecule has 0 aromatic heterocycles. The van der Waals surface area contributed by atoms with E-state index in [1.54, 1.807) is 0 Å². The van der Waals surface area contributed by atoms with Crippen LogP contribution in [-0.4, -0.2) is 51.4 Å². The highest BCUT2D eigenvalue weighted by Gasteiger charge is 2.54. The number of sulfone groups is 1. The Bertz CT molecular complexity index is 581. The molecular formula is C7H8F4O5S2. The molecule has 0 amide bonds. The molecule has 0 spiro atoms. The van der Waals surface area contributed by atoms with Gasteiger partial charge in [-0.05, 0) is 0 Å². The molecule has 0 heterocycles. The second kappa shape index (κ2) is 4.46. The van der Waals surface area contributed by atoms with Gasteiger partial charge in [0.05, 0.1) is 0 Å². The van der Waals surface area contributed by atoms with Gasteiger partial charge in [-0.15, -0.1) is 0 Å². The van der Waals surface area contributed by atoms with E-state index in [-0.39, 0.29) is 0 Å². The molecule has 0 bridgehead atoms. The summed E-state index contributed by atoms with van der Waals surface area (Å²) in [6.45, 7) is 0. The molecule has 11 heteroatoms. The SMILES string of the molecule is CS(=O)(=O)C1C(F)C(F)=C(S(=O)(=O)O)C(F)C1F. The third-order valence-corrected chi connectivity index (χ3v) is 4.85. The summed E-state index contributed by atoms with van der Waals surface area (Å²) in [5, 5.41) is -2.70. The van der Waals surface area contributed by atoms with Crippen molar-refractivity contribution in [3.05, 3.63) is 10.7 Å². The standard InChI is InChI=1S/C7H8F4O5S2/c1-17(12,13)6-2(8)4(10)7(18(14,15)16)5(11)3(6)9/h2-4,6H,1H3,(H,14,15,16). The van der Waals surface area contributed by atoms with E-state index in [9.17, 15) is 34.4 Å². The molecule has 1 N–H and O–H groups in total. The van der Waals surface area contributed by atoms with Gasteiger partial charge in [-0.2, -0.15) is 8.42 Å². The molecule has 0 saturated heterocycles. The summed E-state index contributed by atoms with van der Waals surface area (Å²) in [7, 11) is -10.0. The molecule has 4 atom stereocenters. The summed E-state index contributed by atoms with van der Waals surface area (Å²) in [6.07, 6.45) is -9.26. The van der Waals surface area contributed by atoms with Gasteiger partial charge in [-0.1, -0.05) is 0 Å². The van der Waals surface area contributed by atoms with Crippen LogP contribution in [0.4, 0.5) is 17.6 Å². The maximum absolute atomic E-state index is 13.4. The van der Waals surface area contributed by atoms with Crippen molar-refractivity contribution in [1.82, 2.24) is 0 Å². The Balaban J connectivity index is 3.51. The van der Waals surface area contributed by atoms with Crippen LogP contribution in [0.5, 0.6) is 0 Å². The number of allylic oxidation sites excluding steroid dienone is 2. The van der Waals surface area contributed by atoms with E-state index in [1.807, 2.05) is 0 Å². The Morgan fingerprint density at radius 3 is 1.83 bits per heavy atom. The van der Waals surface area contributed by atoms with Gasteiger partial charge in [0.2, 0.25) is 0 Å². The summed E-state index contributed by atoms with van der Waals surface area (Å²) in [6, 6.07) is 0. The molecule has 18 heavy (non-hydrogen) atoms. The zero-order valence-electron chi connectivity index (χ0n) is 8.72. The normalized spacial score (nSPS) is 34.8. The molecule has 0 aromatic rings. The molecule has 0 aromatic carbocycles. The first-order chi connectivity index (χ1) is 7.89. The van der Waals surface area contributed by atoms with Crippen molar-refractivity contribution in [2.24, 2.45) is 0 Å². The lowest BCUT2D eigenvalue weighted by molar-refractivity contribution is 0.132. The van der Waals surface area contributed by atoms with Crippen LogP contribution in [0.15, 0.2) is 10.7 Å². The maximum atomic E-state index is 13.4. The smallest absolute Gasteiger partial charge is 0.282 e. The molecule has 4 unspecified atom stereocenters. The topological polar surface area (TPSA) is 88.5 Å². The van der Waals surface area contributed by atoms with Crippen molar-refractivity contribution in [3.8, 4) is 0 Å². The van der Waals surface area contributed by atoms with E-state index in [0.29, 0.717) is 6.26 Å². The van der Waals surface area contributed by atoms with Crippen molar-refractivity contribution in [2.75, 3.05) is 6.26 Å². The van der Waals surface area contributed by atoms with Crippen LogP contribution in [0, 0.1) is 0 Å². The molecule has 1 rings (SSSR count). The highest BCUT2D eigenvalue weighted by Crippen LogP contribution is 2.38. The minimum atomic E-state index is -5.50. The van der Waals surface area contributed by atoms with Gasteiger partial charge in [-0.25, -0.2) is 26.0 Å². The minimum Gasteiger partial charge on any atom is -0.282 e. The third-order valence-electron chi connectivity index (χ3n) is 2.38. The van der Waals surface area contributed by atoms with Crippen molar-refractivity contribution in [3.63, 3.8) is 0 Å². The first-order valence-corrected chi connectivity index (χ1v) is 7.76. The van der Waals surface area contributed by atoms with Crippen molar-refractivity contribution in [2.45, 2.75) is 23.8 Å². The molecule has 5 nitrogen and oxygen atoms in total. The fourth-order valence-corrected chi connectivity index (χ4v) is 3.54.